The van der Waals surface area contributed by atoms with Gasteiger partial charge in [-0.05, 0) is 18.4 Å². The first-order chi connectivity index (χ1) is 11.5. The van der Waals surface area contributed by atoms with Crippen molar-refractivity contribution in [3.8, 4) is 0 Å². The first kappa shape index (κ1) is 16.9. The summed E-state index contributed by atoms with van der Waals surface area (Å²) >= 11 is 0. The highest BCUT2D eigenvalue weighted by atomic mass is 19.1. The topological polar surface area (TPSA) is 66.6 Å². The predicted octanol–water partition coefficient (Wildman–Crippen LogP) is 1.08. The summed E-state index contributed by atoms with van der Waals surface area (Å²) in [6.07, 6.45) is 0.689. The molecule has 2 unspecified atom stereocenters. The van der Waals surface area contributed by atoms with Crippen molar-refractivity contribution in [1.82, 2.24) is 9.80 Å². The van der Waals surface area contributed by atoms with Gasteiger partial charge < -0.3 is 10.6 Å². The molecule has 130 valence electrons. The van der Waals surface area contributed by atoms with Gasteiger partial charge in [0.1, 0.15) is 6.17 Å². The smallest absolute Gasteiger partial charge is 0.229 e. The van der Waals surface area contributed by atoms with E-state index >= 15 is 0 Å². The Bertz CT molecular complexity index is 610. The van der Waals surface area contributed by atoms with Crippen LogP contribution in [0.2, 0.25) is 0 Å². The molecule has 24 heavy (non-hydrogen) atoms. The summed E-state index contributed by atoms with van der Waals surface area (Å²) in [6.45, 7) is 2.57. The Hall–Kier alpha value is -1.95. The number of halogens is 1. The van der Waals surface area contributed by atoms with Gasteiger partial charge in [0, 0.05) is 39.1 Å². The Labute approximate surface area is 141 Å². The van der Waals surface area contributed by atoms with E-state index in [-0.39, 0.29) is 11.8 Å². The zero-order valence-corrected chi connectivity index (χ0v) is 13.8. The van der Waals surface area contributed by atoms with Gasteiger partial charge in [0.25, 0.3) is 0 Å². The number of amides is 2. The van der Waals surface area contributed by atoms with Crippen LogP contribution in [-0.4, -0.2) is 60.5 Å². The van der Waals surface area contributed by atoms with Crippen molar-refractivity contribution in [3.05, 3.63) is 35.9 Å². The van der Waals surface area contributed by atoms with Crippen LogP contribution in [-0.2, 0) is 15.0 Å². The number of likely N-dealkylation sites (tertiary alicyclic amines) is 2. The number of benzene rings is 1. The van der Waals surface area contributed by atoms with Gasteiger partial charge in [-0.2, -0.15) is 0 Å². The van der Waals surface area contributed by atoms with Gasteiger partial charge in [-0.15, -0.1) is 0 Å². The Morgan fingerprint density at radius 1 is 1.25 bits per heavy atom. The van der Waals surface area contributed by atoms with E-state index in [0.717, 1.165) is 5.56 Å². The SMILES string of the molecule is NC(=O)C1(c2ccccc2)CCN(C(=O)CCN2CCC(F)C2)C1. The molecular formula is C18H24FN3O2. The minimum absolute atomic E-state index is 0.0105. The van der Waals surface area contributed by atoms with Crippen LogP contribution in [0.5, 0.6) is 0 Å². The van der Waals surface area contributed by atoms with Crippen molar-refractivity contribution in [2.75, 3.05) is 32.7 Å². The molecule has 0 saturated carbocycles. The fraction of sp³-hybridized carbons (Fsp3) is 0.556. The maximum Gasteiger partial charge on any atom is 0.229 e. The Morgan fingerprint density at radius 2 is 2.00 bits per heavy atom. The van der Waals surface area contributed by atoms with Gasteiger partial charge in [-0.25, -0.2) is 4.39 Å². The van der Waals surface area contributed by atoms with Gasteiger partial charge in [0.05, 0.1) is 5.41 Å². The zero-order chi connectivity index (χ0) is 17.2. The maximum atomic E-state index is 13.2. The van der Waals surface area contributed by atoms with Crippen molar-refractivity contribution in [2.45, 2.75) is 30.8 Å². The number of carbonyl (C=O) groups is 2. The summed E-state index contributed by atoms with van der Waals surface area (Å²) in [5.74, 6) is -0.375. The molecule has 3 rings (SSSR count). The third-order valence-electron chi connectivity index (χ3n) is 5.28. The van der Waals surface area contributed by atoms with Crippen molar-refractivity contribution in [3.63, 3.8) is 0 Å². The van der Waals surface area contributed by atoms with Gasteiger partial charge in [0.15, 0.2) is 0 Å². The number of primary amides is 1. The van der Waals surface area contributed by atoms with Crippen molar-refractivity contribution >= 4 is 11.8 Å². The molecule has 0 radical (unpaired) electrons. The van der Waals surface area contributed by atoms with Crippen LogP contribution >= 0.6 is 0 Å². The van der Waals surface area contributed by atoms with Gasteiger partial charge >= 0.3 is 0 Å². The molecule has 5 nitrogen and oxygen atoms in total. The number of hydrogen-bond acceptors (Lipinski definition) is 3. The quantitative estimate of drug-likeness (QED) is 0.877. The molecule has 2 atom stereocenters. The molecule has 0 aromatic heterocycles. The van der Waals surface area contributed by atoms with E-state index in [1.807, 2.05) is 35.2 Å². The highest BCUT2D eigenvalue weighted by Gasteiger charge is 2.45. The molecule has 2 saturated heterocycles. The van der Waals surface area contributed by atoms with Gasteiger partial charge in [-0.1, -0.05) is 30.3 Å². The lowest BCUT2D eigenvalue weighted by Gasteiger charge is -2.26. The summed E-state index contributed by atoms with van der Waals surface area (Å²) in [5.41, 5.74) is 5.76. The minimum Gasteiger partial charge on any atom is -0.369 e. The summed E-state index contributed by atoms with van der Waals surface area (Å²) in [4.78, 5) is 28.3. The molecule has 1 aromatic rings. The molecule has 0 bridgehead atoms. The third kappa shape index (κ3) is 3.29. The number of rotatable bonds is 5. The third-order valence-corrected chi connectivity index (χ3v) is 5.28. The van der Waals surface area contributed by atoms with E-state index in [1.54, 1.807) is 4.90 Å². The average Bonchev–Trinajstić information content (AvgIpc) is 3.21. The average molecular weight is 333 g/mol. The summed E-state index contributed by atoms with van der Waals surface area (Å²) in [7, 11) is 0. The van der Waals surface area contributed by atoms with Crippen molar-refractivity contribution in [2.24, 2.45) is 5.73 Å². The van der Waals surface area contributed by atoms with E-state index < -0.39 is 11.6 Å². The van der Waals surface area contributed by atoms with E-state index in [1.165, 1.54) is 0 Å². The molecule has 2 amide bonds. The van der Waals surface area contributed by atoms with E-state index in [4.69, 9.17) is 5.73 Å². The maximum absolute atomic E-state index is 13.2. The Morgan fingerprint density at radius 3 is 2.62 bits per heavy atom. The molecular weight excluding hydrogens is 309 g/mol. The molecule has 2 aliphatic heterocycles. The summed E-state index contributed by atoms with van der Waals surface area (Å²) < 4.78 is 13.2. The van der Waals surface area contributed by atoms with Crippen LogP contribution in [0.4, 0.5) is 4.39 Å². The second-order valence-corrected chi connectivity index (χ2v) is 6.81. The van der Waals surface area contributed by atoms with Gasteiger partial charge in [0.2, 0.25) is 11.8 Å². The molecule has 0 spiro atoms. The monoisotopic (exact) mass is 333 g/mol. The molecule has 1 aromatic carbocycles. The Kier molecular flexibility index (Phi) is 4.85. The molecule has 0 aliphatic carbocycles. The summed E-state index contributed by atoms with van der Waals surface area (Å²) in [5, 5.41) is 0. The molecule has 2 aliphatic rings. The van der Waals surface area contributed by atoms with Crippen LogP contribution in [0.1, 0.15) is 24.8 Å². The van der Waals surface area contributed by atoms with E-state index in [9.17, 15) is 14.0 Å². The first-order valence-corrected chi connectivity index (χ1v) is 8.51. The molecule has 2 fully saturated rings. The molecule has 2 N–H and O–H groups in total. The van der Waals surface area contributed by atoms with E-state index in [0.29, 0.717) is 52.0 Å². The largest absolute Gasteiger partial charge is 0.369 e. The number of carbonyl (C=O) groups excluding carboxylic acids is 2. The lowest BCUT2D eigenvalue weighted by molar-refractivity contribution is -0.131. The Balaban J connectivity index is 1.62. The lowest BCUT2D eigenvalue weighted by Crippen LogP contribution is -2.44. The van der Waals surface area contributed by atoms with Crippen LogP contribution < -0.4 is 5.73 Å². The van der Waals surface area contributed by atoms with E-state index in [2.05, 4.69) is 0 Å². The van der Waals surface area contributed by atoms with Crippen LogP contribution in [0.25, 0.3) is 0 Å². The lowest BCUT2D eigenvalue weighted by atomic mass is 9.79. The fourth-order valence-electron chi connectivity index (χ4n) is 3.76. The van der Waals surface area contributed by atoms with Crippen LogP contribution in [0.3, 0.4) is 0 Å². The van der Waals surface area contributed by atoms with Crippen molar-refractivity contribution < 1.29 is 14.0 Å². The number of nitrogens with two attached hydrogens (primary N) is 1. The second-order valence-electron chi connectivity index (χ2n) is 6.81. The molecule has 6 heteroatoms. The number of hydrogen-bond donors (Lipinski definition) is 1. The second kappa shape index (κ2) is 6.89. The number of nitrogens with zero attached hydrogens (tertiary/aromatic N) is 2. The highest BCUT2D eigenvalue weighted by molar-refractivity contribution is 5.89. The molecule has 2 heterocycles. The number of alkyl halides is 1. The fourth-order valence-corrected chi connectivity index (χ4v) is 3.76. The highest BCUT2D eigenvalue weighted by Crippen LogP contribution is 2.34. The van der Waals surface area contributed by atoms with Gasteiger partial charge in [-0.3, -0.25) is 14.5 Å². The van der Waals surface area contributed by atoms with Crippen molar-refractivity contribution in [1.29, 1.82) is 0 Å². The predicted molar refractivity (Wildman–Crippen MR) is 89.1 cm³/mol. The van der Waals surface area contributed by atoms with Crippen LogP contribution in [0, 0.1) is 0 Å². The standard InChI is InChI=1S/C18H24FN3O2/c19-15-6-9-21(12-15)10-7-16(23)22-11-8-18(13-22,17(20)24)14-4-2-1-3-5-14/h1-5,15H,6-13H2,(H2,20,24). The summed E-state index contributed by atoms with van der Waals surface area (Å²) in [6, 6.07) is 9.44. The first-order valence-electron chi connectivity index (χ1n) is 8.51. The normalized spacial score (nSPS) is 27.5. The minimum atomic E-state index is -0.797. The van der Waals surface area contributed by atoms with Crippen LogP contribution in [0.15, 0.2) is 30.3 Å². The zero-order valence-electron chi connectivity index (χ0n) is 13.8.